The summed E-state index contributed by atoms with van der Waals surface area (Å²) in [6.07, 6.45) is 13.9. The molecule has 2 heteroatoms. The minimum absolute atomic E-state index is 0.299. The molecule has 0 nitrogen and oxygen atoms in total. The summed E-state index contributed by atoms with van der Waals surface area (Å²) in [5.41, 5.74) is 0. The van der Waals surface area contributed by atoms with Gasteiger partial charge in [0, 0.05) is 12.8 Å². The van der Waals surface area contributed by atoms with Crippen LogP contribution in [-0.2, 0) is 0 Å². The lowest BCUT2D eigenvalue weighted by molar-refractivity contribution is 0.461. The first-order valence-corrected chi connectivity index (χ1v) is 8.75. The Balaban J connectivity index is 3.52. The van der Waals surface area contributed by atoms with E-state index in [1.165, 1.54) is 38.5 Å². The normalized spacial score (nSPS) is 12.6. The zero-order valence-corrected chi connectivity index (χ0v) is 13.7. The van der Waals surface area contributed by atoms with Crippen molar-refractivity contribution in [2.45, 2.75) is 104 Å². The van der Waals surface area contributed by atoms with Crippen LogP contribution in [0.2, 0.25) is 0 Å². The van der Waals surface area contributed by atoms with Gasteiger partial charge in [-0.3, -0.25) is 0 Å². The first-order valence-electron chi connectivity index (χ1n) is 8.75. The topological polar surface area (TPSA) is 0 Å². The number of unbranched alkanes of at least 4 members (excludes halogenated alkanes) is 10. The highest BCUT2D eigenvalue weighted by atomic mass is 19.2. The summed E-state index contributed by atoms with van der Waals surface area (Å²) in [4.78, 5) is 0. The second-order valence-corrected chi connectivity index (χ2v) is 5.85. The van der Waals surface area contributed by atoms with Gasteiger partial charge in [-0.25, -0.2) is 8.78 Å². The molecule has 0 radical (unpaired) electrons. The molecule has 120 valence electrons. The van der Waals surface area contributed by atoms with E-state index in [0.717, 1.165) is 38.5 Å². The average Bonchev–Trinajstić information content (AvgIpc) is 2.45. The van der Waals surface area contributed by atoms with Gasteiger partial charge in [-0.1, -0.05) is 78.1 Å². The third-order valence-corrected chi connectivity index (χ3v) is 3.79. The fourth-order valence-electron chi connectivity index (χ4n) is 2.39. The second kappa shape index (κ2) is 15.0. The SMILES string of the molecule is CCCCCCCC/C(F)=C(/F)CCCCCCCC. The quantitative estimate of drug-likeness (QED) is 0.288. The molecule has 0 saturated carbocycles. The molecule has 0 aromatic rings. The lowest BCUT2D eigenvalue weighted by atomic mass is 10.1. The van der Waals surface area contributed by atoms with Crippen LogP contribution >= 0.6 is 0 Å². The monoisotopic (exact) mass is 288 g/mol. The summed E-state index contributed by atoms with van der Waals surface area (Å²) in [5, 5.41) is 0. The van der Waals surface area contributed by atoms with E-state index in [0.29, 0.717) is 12.8 Å². The zero-order chi connectivity index (χ0) is 15.1. The Morgan fingerprint density at radius 3 is 1.15 bits per heavy atom. The first kappa shape index (κ1) is 19.6. The van der Waals surface area contributed by atoms with E-state index < -0.39 is 11.7 Å². The molecule has 0 unspecified atom stereocenters. The van der Waals surface area contributed by atoms with E-state index in [2.05, 4.69) is 13.8 Å². The molecule has 0 spiro atoms. The van der Waals surface area contributed by atoms with Crippen molar-refractivity contribution in [3.8, 4) is 0 Å². The maximum atomic E-state index is 13.5. The van der Waals surface area contributed by atoms with Gasteiger partial charge in [-0.2, -0.15) is 0 Å². The Bertz CT molecular complexity index is 210. The largest absolute Gasteiger partial charge is 0.209 e. The average molecular weight is 288 g/mol. The molecule has 20 heavy (non-hydrogen) atoms. The van der Waals surface area contributed by atoms with Crippen LogP contribution in [0.15, 0.2) is 11.7 Å². The molecular weight excluding hydrogens is 254 g/mol. The Morgan fingerprint density at radius 1 is 0.500 bits per heavy atom. The Kier molecular flexibility index (Phi) is 14.7. The van der Waals surface area contributed by atoms with E-state index in [4.69, 9.17) is 0 Å². The number of allylic oxidation sites excluding steroid dienone is 2. The van der Waals surface area contributed by atoms with E-state index in [9.17, 15) is 8.78 Å². The molecule has 0 N–H and O–H groups in total. The molecule has 0 amide bonds. The minimum Gasteiger partial charge on any atom is -0.209 e. The van der Waals surface area contributed by atoms with Crippen molar-refractivity contribution in [2.24, 2.45) is 0 Å². The predicted molar refractivity (Wildman–Crippen MR) is 85.2 cm³/mol. The van der Waals surface area contributed by atoms with E-state index >= 15 is 0 Å². The molecule has 0 aliphatic rings. The Hall–Kier alpha value is -0.400. The molecule has 0 aromatic heterocycles. The van der Waals surface area contributed by atoms with Crippen LogP contribution in [0.4, 0.5) is 8.78 Å². The fourth-order valence-corrected chi connectivity index (χ4v) is 2.39. The maximum Gasteiger partial charge on any atom is 0.131 e. The van der Waals surface area contributed by atoms with Crippen molar-refractivity contribution < 1.29 is 8.78 Å². The van der Waals surface area contributed by atoms with Crippen molar-refractivity contribution >= 4 is 0 Å². The minimum atomic E-state index is -0.492. The van der Waals surface area contributed by atoms with Crippen molar-refractivity contribution in [3.63, 3.8) is 0 Å². The smallest absolute Gasteiger partial charge is 0.131 e. The maximum absolute atomic E-state index is 13.5. The van der Waals surface area contributed by atoms with Gasteiger partial charge in [0.05, 0.1) is 0 Å². The fraction of sp³-hybridized carbons (Fsp3) is 0.889. The van der Waals surface area contributed by atoms with Crippen LogP contribution in [0.5, 0.6) is 0 Å². The summed E-state index contributed by atoms with van der Waals surface area (Å²) >= 11 is 0. The zero-order valence-electron chi connectivity index (χ0n) is 13.7. The molecule has 0 aromatic carbocycles. The van der Waals surface area contributed by atoms with Crippen LogP contribution in [-0.4, -0.2) is 0 Å². The standard InChI is InChI=1S/C18H34F2/c1-3-5-7-9-11-13-15-17(19)18(20)16-14-12-10-8-6-4-2/h3-16H2,1-2H3/b18-17-. The van der Waals surface area contributed by atoms with Gasteiger partial charge in [-0.15, -0.1) is 0 Å². The Labute approximate surface area is 125 Å². The molecule has 0 fully saturated rings. The van der Waals surface area contributed by atoms with Gasteiger partial charge in [0.2, 0.25) is 0 Å². The van der Waals surface area contributed by atoms with Crippen molar-refractivity contribution in [2.75, 3.05) is 0 Å². The molecule has 0 heterocycles. The van der Waals surface area contributed by atoms with E-state index in [-0.39, 0.29) is 0 Å². The van der Waals surface area contributed by atoms with Crippen LogP contribution in [0.1, 0.15) is 104 Å². The summed E-state index contributed by atoms with van der Waals surface area (Å²) in [7, 11) is 0. The second-order valence-electron chi connectivity index (χ2n) is 5.85. The van der Waals surface area contributed by atoms with Crippen LogP contribution in [0.3, 0.4) is 0 Å². The molecular formula is C18H34F2. The molecule has 0 saturated heterocycles. The van der Waals surface area contributed by atoms with E-state index in [1.807, 2.05) is 0 Å². The Morgan fingerprint density at radius 2 is 0.800 bits per heavy atom. The van der Waals surface area contributed by atoms with Crippen molar-refractivity contribution in [3.05, 3.63) is 11.7 Å². The number of hydrogen-bond donors (Lipinski definition) is 0. The highest BCUT2D eigenvalue weighted by Gasteiger charge is 2.05. The molecule has 0 aliphatic carbocycles. The van der Waals surface area contributed by atoms with Gasteiger partial charge in [-0.05, 0) is 12.8 Å². The lowest BCUT2D eigenvalue weighted by Gasteiger charge is -2.03. The predicted octanol–water partition coefficient (Wildman–Crippen LogP) is 7.64. The number of hydrogen-bond acceptors (Lipinski definition) is 0. The molecule has 0 rings (SSSR count). The highest BCUT2D eigenvalue weighted by molar-refractivity contribution is 4.99. The van der Waals surface area contributed by atoms with Crippen molar-refractivity contribution in [1.82, 2.24) is 0 Å². The van der Waals surface area contributed by atoms with Gasteiger partial charge >= 0.3 is 0 Å². The molecule has 0 atom stereocenters. The van der Waals surface area contributed by atoms with Gasteiger partial charge in [0.25, 0.3) is 0 Å². The van der Waals surface area contributed by atoms with Gasteiger partial charge in [0.1, 0.15) is 11.7 Å². The van der Waals surface area contributed by atoms with Crippen LogP contribution in [0, 0.1) is 0 Å². The lowest BCUT2D eigenvalue weighted by Crippen LogP contribution is -1.86. The summed E-state index contributed by atoms with van der Waals surface area (Å²) in [5.74, 6) is -0.983. The molecule has 0 aliphatic heterocycles. The summed E-state index contributed by atoms with van der Waals surface area (Å²) in [6, 6.07) is 0. The third kappa shape index (κ3) is 12.6. The van der Waals surface area contributed by atoms with E-state index in [1.54, 1.807) is 0 Å². The third-order valence-electron chi connectivity index (χ3n) is 3.79. The molecule has 0 bridgehead atoms. The van der Waals surface area contributed by atoms with Gasteiger partial charge < -0.3 is 0 Å². The number of halogens is 2. The summed E-state index contributed by atoms with van der Waals surface area (Å²) in [6.45, 7) is 4.36. The number of rotatable bonds is 14. The summed E-state index contributed by atoms with van der Waals surface area (Å²) < 4.78 is 27.0. The van der Waals surface area contributed by atoms with Gasteiger partial charge in [0.15, 0.2) is 0 Å². The van der Waals surface area contributed by atoms with Crippen LogP contribution < -0.4 is 0 Å². The highest BCUT2D eigenvalue weighted by Crippen LogP contribution is 2.21. The first-order chi connectivity index (χ1) is 9.72. The van der Waals surface area contributed by atoms with Crippen molar-refractivity contribution in [1.29, 1.82) is 0 Å². The van der Waals surface area contributed by atoms with Crippen LogP contribution in [0.25, 0.3) is 0 Å².